The van der Waals surface area contributed by atoms with Crippen molar-refractivity contribution < 1.29 is 13.6 Å². The van der Waals surface area contributed by atoms with Gasteiger partial charge in [0.1, 0.15) is 5.82 Å². The molecule has 1 amide bonds. The minimum absolute atomic E-state index is 0.00527. The first-order valence-electron chi connectivity index (χ1n) is 8.69. The molecule has 5 nitrogen and oxygen atoms in total. The van der Waals surface area contributed by atoms with Crippen LogP contribution in [-0.4, -0.2) is 34.1 Å². The van der Waals surface area contributed by atoms with Gasteiger partial charge in [0.25, 0.3) is 5.91 Å². The second-order valence-electron chi connectivity index (χ2n) is 7.84. The van der Waals surface area contributed by atoms with Crippen molar-refractivity contribution in [3.05, 3.63) is 47.4 Å². The lowest BCUT2D eigenvalue weighted by atomic mass is 9.92. The SMILES string of the molecule is CC(C)(C)Cc1nnc([C@H]2CCCN(C(=O)c3ccccc3F)C2)o1. The van der Waals surface area contributed by atoms with Crippen LogP contribution in [0.3, 0.4) is 0 Å². The lowest BCUT2D eigenvalue weighted by Crippen LogP contribution is -2.39. The summed E-state index contributed by atoms with van der Waals surface area (Å²) in [5.74, 6) is 0.438. The topological polar surface area (TPSA) is 59.2 Å². The van der Waals surface area contributed by atoms with Gasteiger partial charge in [-0.15, -0.1) is 10.2 Å². The van der Waals surface area contributed by atoms with E-state index in [0.717, 1.165) is 12.8 Å². The Bertz CT molecular complexity index is 751. The molecule has 1 fully saturated rings. The molecule has 134 valence electrons. The van der Waals surface area contributed by atoms with Crippen molar-refractivity contribution in [2.75, 3.05) is 13.1 Å². The molecule has 1 aliphatic heterocycles. The van der Waals surface area contributed by atoms with Crippen molar-refractivity contribution in [2.24, 2.45) is 5.41 Å². The van der Waals surface area contributed by atoms with Crippen molar-refractivity contribution in [3.63, 3.8) is 0 Å². The third-order valence-corrected chi connectivity index (χ3v) is 4.33. The van der Waals surface area contributed by atoms with E-state index in [9.17, 15) is 9.18 Å². The highest BCUT2D eigenvalue weighted by Gasteiger charge is 2.30. The first-order chi connectivity index (χ1) is 11.8. The van der Waals surface area contributed by atoms with E-state index >= 15 is 0 Å². The van der Waals surface area contributed by atoms with E-state index in [2.05, 4.69) is 31.0 Å². The number of benzene rings is 1. The van der Waals surface area contributed by atoms with Crippen molar-refractivity contribution in [1.82, 2.24) is 15.1 Å². The van der Waals surface area contributed by atoms with Crippen molar-refractivity contribution >= 4 is 5.91 Å². The third-order valence-electron chi connectivity index (χ3n) is 4.33. The van der Waals surface area contributed by atoms with Crippen molar-refractivity contribution in [3.8, 4) is 0 Å². The molecule has 25 heavy (non-hydrogen) atoms. The Morgan fingerprint density at radius 3 is 2.80 bits per heavy atom. The number of piperidine rings is 1. The molecular weight excluding hydrogens is 321 g/mol. The molecular formula is C19H24FN3O2. The predicted molar refractivity (Wildman–Crippen MR) is 91.7 cm³/mol. The summed E-state index contributed by atoms with van der Waals surface area (Å²) in [6.07, 6.45) is 2.44. The Kier molecular flexibility index (Phi) is 4.88. The summed E-state index contributed by atoms with van der Waals surface area (Å²) in [5.41, 5.74) is 0.186. The van der Waals surface area contributed by atoms with Crippen LogP contribution >= 0.6 is 0 Å². The fourth-order valence-corrected chi connectivity index (χ4v) is 3.12. The zero-order valence-corrected chi connectivity index (χ0v) is 15.0. The summed E-state index contributed by atoms with van der Waals surface area (Å²) in [6, 6.07) is 6.09. The second-order valence-corrected chi connectivity index (χ2v) is 7.84. The van der Waals surface area contributed by atoms with E-state index in [1.165, 1.54) is 12.1 Å². The van der Waals surface area contributed by atoms with E-state index in [1.54, 1.807) is 17.0 Å². The lowest BCUT2D eigenvalue weighted by Gasteiger charge is -2.31. The molecule has 0 spiro atoms. The van der Waals surface area contributed by atoms with Crippen LogP contribution in [0, 0.1) is 11.2 Å². The number of hydrogen-bond donors (Lipinski definition) is 0. The van der Waals surface area contributed by atoms with Gasteiger partial charge < -0.3 is 9.32 Å². The minimum atomic E-state index is -0.486. The minimum Gasteiger partial charge on any atom is -0.425 e. The molecule has 3 rings (SSSR count). The monoisotopic (exact) mass is 345 g/mol. The highest BCUT2D eigenvalue weighted by molar-refractivity contribution is 5.94. The zero-order chi connectivity index (χ0) is 18.0. The van der Waals surface area contributed by atoms with Crippen LogP contribution in [0.1, 0.15) is 61.7 Å². The van der Waals surface area contributed by atoms with Gasteiger partial charge in [0.05, 0.1) is 11.5 Å². The Morgan fingerprint density at radius 2 is 2.08 bits per heavy atom. The van der Waals surface area contributed by atoms with Crippen LogP contribution in [0.15, 0.2) is 28.7 Å². The lowest BCUT2D eigenvalue weighted by molar-refractivity contribution is 0.0693. The molecule has 0 saturated carbocycles. The summed E-state index contributed by atoms with van der Waals surface area (Å²) < 4.78 is 19.7. The summed E-state index contributed by atoms with van der Waals surface area (Å²) >= 11 is 0. The number of hydrogen-bond acceptors (Lipinski definition) is 4. The zero-order valence-electron chi connectivity index (χ0n) is 15.0. The molecule has 0 aliphatic carbocycles. The van der Waals surface area contributed by atoms with Crippen molar-refractivity contribution in [1.29, 1.82) is 0 Å². The molecule has 1 aliphatic rings. The average Bonchev–Trinajstić information content (AvgIpc) is 3.01. The number of aromatic nitrogens is 2. The van der Waals surface area contributed by atoms with E-state index in [0.29, 0.717) is 31.3 Å². The second kappa shape index (κ2) is 6.94. The van der Waals surface area contributed by atoms with E-state index in [4.69, 9.17) is 4.42 Å². The van der Waals surface area contributed by atoms with Crippen LogP contribution < -0.4 is 0 Å². The largest absolute Gasteiger partial charge is 0.425 e. The number of rotatable bonds is 3. The third kappa shape index (κ3) is 4.24. The highest BCUT2D eigenvalue weighted by Crippen LogP contribution is 2.28. The summed E-state index contributed by atoms with van der Waals surface area (Å²) in [6.45, 7) is 7.45. The first kappa shape index (κ1) is 17.6. The molecule has 1 atom stereocenters. The standard InChI is InChI=1S/C19H24FN3O2/c1-19(2,3)11-16-21-22-17(25-16)13-7-6-10-23(12-13)18(24)14-8-4-5-9-15(14)20/h4-5,8-9,13H,6-7,10-12H2,1-3H3/t13-/m0/s1. The Balaban J connectivity index is 1.71. The van der Waals surface area contributed by atoms with Gasteiger partial charge in [0, 0.05) is 19.5 Å². The number of carbonyl (C=O) groups excluding carboxylic acids is 1. The maximum Gasteiger partial charge on any atom is 0.256 e. The molecule has 0 bridgehead atoms. The number of amides is 1. The predicted octanol–water partition coefficient (Wildman–Crippen LogP) is 3.82. The summed E-state index contributed by atoms with van der Waals surface area (Å²) in [7, 11) is 0. The van der Waals surface area contributed by atoms with Crippen LogP contribution in [-0.2, 0) is 6.42 Å². The van der Waals surface area contributed by atoms with Gasteiger partial charge in [0.2, 0.25) is 11.8 Å². The van der Waals surface area contributed by atoms with E-state index in [-0.39, 0.29) is 22.8 Å². The molecule has 2 aromatic rings. The van der Waals surface area contributed by atoms with Crippen molar-refractivity contribution in [2.45, 2.75) is 46.0 Å². The van der Waals surface area contributed by atoms with E-state index < -0.39 is 5.82 Å². The summed E-state index contributed by atoms with van der Waals surface area (Å²) in [4.78, 5) is 14.3. The normalized spacial score (nSPS) is 18.4. The number of carbonyl (C=O) groups is 1. The number of halogens is 1. The maximum absolute atomic E-state index is 13.9. The van der Waals surface area contributed by atoms with Gasteiger partial charge in [-0.3, -0.25) is 4.79 Å². The van der Waals surface area contributed by atoms with Gasteiger partial charge in [-0.2, -0.15) is 0 Å². The molecule has 6 heteroatoms. The van der Waals surface area contributed by atoms with Gasteiger partial charge in [-0.25, -0.2) is 4.39 Å². The molecule has 0 N–H and O–H groups in total. The molecule has 0 radical (unpaired) electrons. The highest BCUT2D eigenvalue weighted by atomic mass is 19.1. The fraction of sp³-hybridized carbons (Fsp3) is 0.526. The molecule has 0 unspecified atom stereocenters. The Labute approximate surface area is 147 Å². The smallest absolute Gasteiger partial charge is 0.256 e. The Morgan fingerprint density at radius 1 is 1.32 bits per heavy atom. The number of likely N-dealkylation sites (tertiary alicyclic amines) is 1. The average molecular weight is 345 g/mol. The summed E-state index contributed by atoms with van der Waals surface area (Å²) in [5, 5.41) is 8.32. The molecule has 1 aromatic heterocycles. The Hall–Kier alpha value is -2.24. The fourth-order valence-electron chi connectivity index (χ4n) is 3.12. The maximum atomic E-state index is 13.9. The van der Waals surface area contributed by atoms with Crippen LogP contribution in [0.2, 0.25) is 0 Å². The van der Waals surface area contributed by atoms with Gasteiger partial charge in [0.15, 0.2) is 0 Å². The first-order valence-corrected chi connectivity index (χ1v) is 8.69. The number of nitrogens with zero attached hydrogens (tertiary/aromatic N) is 3. The quantitative estimate of drug-likeness (QED) is 0.848. The molecule has 1 aromatic carbocycles. The van der Waals surface area contributed by atoms with Gasteiger partial charge in [-0.1, -0.05) is 32.9 Å². The van der Waals surface area contributed by atoms with E-state index in [1.807, 2.05) is 0 Å². The molecule has 1 saturated heterocycles. The van der Waals surface area contributed by atoms with Crippen LogP contribution in [0.25, 0.3) is 0 Å². The van der Waals surface area contributed by atoms with Crippen LogP contribution in [0.5, 0.6) is 0 Å². The molecule has 2 heterocycles. The van der Waals surface area contributed by atoms with Crippen LogP contribution in [0.4, 0.5) is 4.39 Å². The van der Waals surface area contributed by atoms with Gasteiger partial charge in [-0.05, 0) is 30.4 Å². The van der Waals surface area contributed by atoms with Gasteiger partial charge >= 0.3 is 0 Å².